The zero-order valence-electron chi connectivity index (χ0n) is 29.4. The second kappa shape index (κ2) is 10.2. The van der Waals surface area contributed by atoms with Crippen LogP contribution in [0.15, 0.2) is 164 Å². The molecular weight excluding hydrogens is 643 g/mol. The molecule has 0 bridgehead atoms. The van der Waals surface area contributed by atoms with Gasteiger partial charge < -0.3 is 9.13 Å². The Hall–Kier alpha value is -6.71. The molecule has 0 aliphatic heterocycles. The molecule has 0 N–H and O–H groups in total. The molecule has 0 unspecified atom stereocenters. The molecule has 0 saturated heterocycles. The first-order valence-corrected chi connectivity index (χ1v) is 18.5. The summed E-state index contributed by atoms with van der Waals surface area (Å²) >= 11 is 0. The van der Waals surface area contributed by atoms with E-state index in [1.807, 2.05) is 6.20 Å². The lowest BCUT2D eigenvalue weighted by Crippen LogP contribution is -2.15. The van der Waals surface area contributed by atoms with Crippen LogP contribution in [0.3, 0.4) is 0 Å². The smallest absolute Gasteiger partial charge is 0.0572 e. The van der Waals surface area contributed by atoms with Crippen molar-refractivity contribution in [1.82, 2.24) is 14.1 Å². The minimum absolute atomic E-state index is 0.229. The van der Waals surface area contributed by atoms with Gasteiger partial charge in [0.25, 0.3) is 0 Å². The zero-order chi connectivity index (χ0) is 35.0. The van der Waals surface area contributed by atoms with Crippen LogP contribution >= 0.6 is 0 Å². The van der Waals surface area contributed by atoms with E-state index in [9.17, 15) is 0 Å². The fraction of sp³-hybridized carbons (Fsp3) is 0.0600. The largest absolute Gasteiger partial charge is 0.309 e. The summed E-state index contributed by atoms with van der Waals surface area (Å²) in [6, 6.07) is 56.1. The zero-order valence-corrected chi connectivity index (χ0v) is 29.4. The molecule has 0 atom stereocenters. The lowest BCUT2D eigenvalue weighted by molar-refractivity contribution is 0.667. The lowest BCUT2D eigenvalue weighted by atomic mass is 9.79. The minimum Gasteiger partial charge on any atom is -0.309 e. The molecule has 0 amide bonds. The number of para-hydroxylation sites is 2. The monoisotopic (exact) mass is 675 g/mol. The number of benzene rings is 8. The molecule has 53 heavy (non-hydrogen) atoms. The van der Waals surface area contributed by atoms with Gasteiger partial charge in [0.1, 0.15) is 0 Å². The Morgan fingerprint density at radius 2 is 1.00 bits per heavy atom. The molecule has 0 saturated carbocycles. The molecule has 1 aliphatic carbocycles. The molecule has 12 rings (SSSR count). The number of aromatic nitrogens is 3. The van der Waals surface area contributed by atoms with E-state index >= 15 is 0 Å². The van der Waals surface area contributed by atoms with Crippen molar-refractivity contribution < 1.29 is 0 Å². The van der Waals surface area contributed by atoms with E-state index < -0.39 is 0 Å². The number of nitrogens with zero attached hydrogens (tertiary/aromatic N) is 3. The van der Waals surface area contributed by atoms with E-state index in [-0.39, 0.29) is 5.41 Å². The average molecular weight is 676 g/mol. The third kappa shape index (κ3) is 3.71. The molecule has 3 aromatic heterocycles. The van der Waals surface area contributed by atoms with Crippen LogP contribution in [0.4, 0.5) is 0 Å². The maximum Gasteiger partial charge on any atom is 0.0572 e. The van der Waals surface area contributed by atoms with Gasteiger partial charge in [-0.1, -0.05) is 105 Å². The molecule has 1 aliphatic rings. The maximum absolute atomic E-state index is 4.72. The molecule has 11 aromatic rings. The van der Waals surface area contributed by atoms with Gasteiger partial charge in [0, 0.05) is 50.7 Å². The number of rotatable bonds is 2. The molecule has 0 radical (unpaired) electrons. The summed E-state index contributed by atoms with van der Waals surface area (Å²) in [7, 11) is 0. The van der Waals surface area contributed by atoms with Crippen LogP contribution in [0, 0.1) is 0 Å². The standard InChI is InChI=1S/C50H33N3/c1-50(2)43-28-39-35-17-9-7-15-33(35)32-14-6-8-16-34(32)38(39)27-40(43)37-21-23-47-48(49(37)50)42-29-51-25-24-46(42)53(47)31-20-22-45-41(26-31)36-18-10-11-19-44(36)52(45)30-12-4-3-5-13-30/h3-29H,1-2H3. The van der Waals surface area contributed by atoms with Gasteiger partial charge in [-0.2, -0.15) is 0 Å². The topological polar surface area (TPSA) is 22.8 Å². The summed E-state index contributed by atoms with van der Waals surface area (Å²) in [5.74, 6) is 0. The second-order valence-corrected chi connectivity index (χ2v) is 15.2. The van der Waals surface area contributed by atoms with Gasteiger partial charge in [0.05, 0.1) is 22.1 Å². The molecule has 3 heterocycles. The molecule has 0 fully saturated rings. The van der Waals surface area contributed by atoms with Crippen LogP contribution in [-0.2, 0) is 5.41 Å². The Morgan fingerprint density at radius 1 is 0.415 bits per heavy atom. The highest BCUT2D eigenvalue weighted by molar-refractivity contribution is 6.26. The summed E-state index contributed by atoms with van der Waals surface area (Å²) in [6.45, 7) is 4.83. The van der Waals surface area contributed by atoms with Crippen LogP contribution in [-0.4, -0.2) is 14.1 Å². The van der Waals surface area contributed by atoms with Crippen LogP contribution in [0.25, 0.3) is 98.4 Å². The molecule has 3 nitrogen and oxygen atoms in total. The Bertz CT molecular complexity index is 3360. The Morgan fingerprint density at radius 3 is 1.75 bits per heavy atom. The fourth-order valence-corrected chi connectivity index (χ4v) is 9.89. The predicted octanol–water partition coefficient (Wildman–Crippen LogP) is 13.0. The van der Waals surface area contributed by atoms with E-state index in [0.717, 1.165) is 5.69 Å². The average Bonchev–Trinajstić information content (AvgIpc) is 3.80. The normalized spacial score (nSPS) is 13.6. The van der Waals surface area contributed by atoms with Crippen molar-refractivity contribution in [1.29, 1.82) is 0 Å². The van der Waals surface area contributed by atoms with Gasteiger partial charge in [-0.3, -0.25) is 4.98 Å². The van der Waals surface area contributed by atoms with Gasteiger partial charge in [-0.25, -0.2) is 0 Å². The van der Waals surface area contributed by atoms with E-state index in [0.29, 0.717) is 0 Å². The first kappa shape index (κ1) is 28.9. The lowest BCUT2D eigenvalue weighted by Gasteiger charge is -2.23. The molecule has 8 aromatic carbocycles. The highest BCUT2D eigenvalue weighted by Gasteiger charge is 2.39. The minimum atomic E-state index is -0.229. The maximum atomic E-state index is 4.72. The summed E-state index contributed by atoms with van der Waals surface area (Å²) in [5.41, 5.74) is 12.3. The third-order valence-corrected chi connectivity index (χ3v) is 12.1. The Balaban J connectivity index is 1.14. The van der Waals surface area contributed by atoms with Crippen molar-refractivity contribution in [3.8, 4) is 22.5 Å². The van der Waals surface area contributed by atoms with Crippen molar-refractivity contribution in [2.45, 2.75) is 19.3 Å². The molecule has 248 valence electrons. The first-order chi connectivity index (χ1) is 26.1. The van der Waals surface area contributed by atoms with Crippen LogP contribution < -0.4 is 0 Å². The number of hydrogen-bond acceptors (Lipinski definition) is 1. The van der Waals surface area contributed by atoms with Crippen molar-refractivity contribution >= 4 is 75.9 Å². The summed E-state index contributed by atoms with van der Waals surface area (Å²) in [6.07, 6.45) is 4.01. The highest BCUT2D eigenvalue weighted by atomic mass is 15.0. The SMILES string of the molecule is CC1(C)c2cc3c4ccccc4c4ccccc4c3cc2-c2ccc3c(c21)c1cnccc1n3-c1ccc2c(c1)c1ccccc1n2-c1ccccc1. The van der Waals surface area contributed by atoms with Gasteiger partial charge >= 0.3 is 0 Å². The second-order valence-electron chi connectivity index (χ2n) is 15.2. The summed E-state index contributed by atoms with van der Waals surface area (Å²) < 4.78 is 4.84. The van der Waals surface area contributed by atoms with Crippen molar-refractivity contribution in [3.05, 3.63) is 175 Å². The Kier molecular flexibility index (Phi) is 5.57. The number of fused-ring (bicyclic) bond motifs is 16. The molecule has 3 heteroatoms. The number of hydrogen-bond donors (Lipinski definition) is 0. The van der Waals surface area contributed by atoms with E-state index in [1.165, 1.54) is 104 Å². The van der Waals surface area contributed by atoms with Gasteiger partial charge in [-0.15, -0.1) is 0 Å². The summed E-state index contributed by atoms with van der Waals surface area (Å²) in [5, 5.41) is 12.8. The van der Waals surface area contributed by atoms with Crippen molar-refractivity contribution in [3.63, 3.8) is 0 Å². The van der Waals surface area contributed by atoms with Crippen LogP contribution in [0.5, 0.6) is 0 Å². The number of pyridine rings is 1. The Labute approximate surface area is 306 Å². The molecular formula is C50H33N3. The van der Waals surface area contributed by atoms with Crippen molar-refractivity contribution in [2.24, 2.45) is 0 Å². The van der Waals surface area contributed by atoms with E-state index in [1.54, 1.807) is 0 Å². The summed E-state index contributed by atoms with van der Waals surface area (Å²) in [4.78, 5) is 4.72. The van der Waals surface area contributed by atoms with Gasteiger partial charge in [0.15, 0.2) is 0 Å². The predicted molar refractivity (Wildman–Crippen MR) is 223 cm³/mol. The highest BCUT2D eigenvalue weighted by Crippen LogP contribution is 2.55. The fourth-order valence-electron chi connectivity index (χ4n) is 9.89. The quantitative estimate of drug-likeness (QED) is 0.167. The van der Waals surface area contributed by atoms with Gasteiger partial charge in [0.2, 0.25) is 0 Å². The molecule has 0 spiro atoms. The van der Waals surface area contributed by atoms with Crippen LogP contribution in [0.1, 0.15) is 25.0 Å². The van der Waals surface area contributed by atoms with E-state index in [4.69, 9.17) is 4.98 Å². The van der Waals surface area contributed by atoms with Gasteiger partial charge in [-0.05, 0) is 115 Å². The van der Waals surface area contributed by atoms with E-state index in [2.05, 4.69) is 181 Å². The van der Waals surface area contributed by atoms with Crippen molar-refractivity contribution in [2.75, 3.05) is 0 Å². The first-order valence-electron chi connectivity index (χ1n) is 18.5. The van der Waals surface area contributed by atoms with Crippen LogP contribution in [0.2, 0.25) is 0 Å². The third-order valence-electron chi connectivity index (χ3n) is 12.1.